The second kappa shape index (κ2) is 10.7. The molecule has 1 amide bonds. The number of carbonyl (C=O) groups is 1. The first-order valence-corrected chi connectivity index (χ1v) is 13.0. The first kappa shape index (κ1) is 28.1. The molecule has 9 heteroatoms. The van der Waals surface area contributed by atoms with E-state index in [9.17, 15) is 15.0 Å². The summed E-state index contributed by atoms with van der Waals surface area (Å²) in [5.41, 5.74) is 1.82. The van der Waals surface area contributed by atoms with Gasteiger partial charge in [-0.15, -0.1) is 0 Å². The van der Waals surface area contributed by atoms with Crippen LogP contribution in [-0.2, 0) is 5.60 Å². The van der Waals surface area contributed by atoms with Gasteiger partial charge in [0.2, 0.25) is 0 Å². The summed E-state index contributed by atoms with van der Waals surface area (Å²) in [6.45, 7) is 6.63. The third-order valence-corrected chi connectivity index (χ3v) is 7.01. The molecule has 0 aliphatic rings. The van der Waals surface area contributed by atoms with Gasteiger partial charge in [0.05, 0.1) is 44.1 Å². The van der Waals surface area contributed by atoms with Crippen LogP contribution in [0.5, 0.6) is 0 Å². The molecule has 0 aliphatic carbocycles. The van der Waals surface area contributed by atoms with Gasteiger partial charge in [0.15, 0.2) is 0 Å². The molecule has 0 saturated heterocycles. The predicted molar refractivity (Wildman–Crippen MR) is 153 cm³/mol. The van der Waals surface area contributed by atoms with Crippen LogP contribution in [0.4, 0.5) is 0 Å². The molecule has 4 rings (SSSR count). The minimum atomic E-state index is -0.985. The lowest BCUT2D eigenvalue weighted by Crippen LogP contribution is -2.46. The third-order valence-electron chi connectivity index (χ3n) is 6.08. The molecule has 6 nitrogen and oxygen atoms in total. The zero-order valence-electron chi connectivity index (χ0n) is 21.4. The molecule has 1 aromatic heterocycles. The van der Waals surface area contributed by atoms with Crippen LogP contribution in [0.15, 0.2) is 66.9 Å². The minimum Gasteiger partial charge on any atom is -0.394 e. The van der Waals surface area contributed by atoms with Crippen molar-refractivity contribution in [2.24, 2.45) is 0 Å². The van der Waals surface area contributed by atoms with E-state index >= 15 is 0 Å². The van der Waals surface area contributed by atoms with Crippen molar-refractivity contribution < 1.29 is 15.0 Å². The van der Waals surface area contributed by atoms with Crippen LogP contribution in [0.1, 0.15) is 43.7 Å². The minimum absolute atomic E-state index is 0.107. The van der Waals surface area contributed by atoms with E-state index < -0.39 is 17.0 Å². The van der Waals surface area contributed by atoms with Crippen molar-refractivity contribution in [2.45, 2.75) is 38.8 Å². The Morgan fingerprint density at radius 1 is 0.921 bits per heavy atom. The second-order valence-corrected chi connectivity index (χ2v) is 11.4. The number of rotatable bonds is 7. The van der Waals surface area contributed by atoms with Gasteiger partial charge >= 0.3 is 0 Å². The molecule has 0 atom stereocenters. The summed E-state index contributed by atoms with van der Waals surface area (Å²) >= 11 is 19.8. The number of imidazole rings is 1. The smallest absolute Gasteiger partial charge is 0.271 e. The van der Waals surface area contributed by atoms with Gasteiger partial charge in [-0.25, -0.2) is 4.98 Å². The highest BCUT2D eigenvalue weighted by Crippen LogP contribution is 2.38. The number of carbonyl (C=O) groups excluding carboxylic acids is 1. The molecular formula is C29H28Cl3N3O3. The van der Waals surface area contributed by atoms with Crippen LogP contribution in [0.25, 0.3) is 28.2 Å². The molecule has 1 heterocycles. The maximum Gasteiger partial charge on any atom is 0.271 e. The normalized spacial score (nSPS) is 12.0. The molecule has 0 bridgehead atoms. The number of hydrogen-bond donors (Lipinski definition) is 3. The second-order valence-electron chi connectivity index (χ2n) is 10.2. The molecule has 198 valence electrons. The molecule has 0 radical (unpaired) electrons. The standard InChI is InChI=1S/C29H28Cl3N3O3/c1-28(2,16-36)34-27(37)23-15-35(26(33-23)25-20(30)9-6-10-21(25)31)24-12-11-18(14-22(24)32)17-7-5-8-19(13-17)29(3,4)38/h5-15,36,38H,16H2,1-4H3,(H,34,37). The number of nitrogens with one attached hydrogen (secondary N) is 1. The topological polar surface area (TPSA) is 87.4 Å². The van der Waals surface area contributed by atoms with Crippen LogP contribution < -0.4 is 5.32 Å². The highest BCUT2D eigenvalue weighted by atomic mass is 35.5. The SMILES string of the molecule is CC(C)(CO)NC(=O)c1cn(-c2ccc(-c3cccc(C(C)(C)O)c3)cc2Cl)c(-c2c(Cl)cccc2Cl)n1. The van der Waals surface area contributed by atoms with Crippen LogP contribution in [0, 0.1) is 0 Å². The van der Waals surface area contributed by atoms with E-state index in [1.54, 1.807) is 56.7 Å². The number of aliphatic hydroxyl groups is 2. The highest BCUT2D eigenvalue weighted by Gasteiger charge is 2.25. The molecule has 0 fully saturated rings. The monoisotopic (exact) mass is 571 g/mol. The summed E-state index contributed by atoms with van der Waals surface area (Å²) in [5, 5.41) is 23.9. The van der Waals surface area contributed by atoms with Gasteiger partial charge in [-0.05, 0) is 74.7 Å². The zero-order chi connectivity index (χ0) is 27.8. The Morgan fingerprint density at radius 2 is 1.55 bits per heavy atom. The number of hydrogen-bond acceptors (Lipinski definition) is 4. The van der Waals surface area contributed by atoms with Gasteiger partial charge in [0, 0.05) is 6.20 Å². The third kappa shape index (κ3) is 5.90. The van der Waals surface area contributed by atoms with Gasteiger partial charge in [-0.3, -0.25) is 9.36 Å². The van der Waals surface area contributed by atoms with Crippen molar-refractivity contribution in [3.63, 3.8) is 0 Å². The lowest BCUT2D eigenvalue weighted by molar-refractivity contribution is 0.0786. The molecule has 0 saturated carbocycles. The molecule has 4 aromatic rings. The maximum atomic E-state index is 13.0. The molecule has 0 spiro atoms. The molecule has 0 unspecified atom stereocenters. The molecule has 3 N–H and O–H groups in total. The van der Waals surface area contributed by atoms with Crippen molar-refractivity contribution in [1.29, 1.82) is 0 Å². The van der Waals surface area contributed by atoms with E-state index in [-0.39, 0.29) is 12.3 Å². The van der Waals surface area contributed by atoms with Crippen molar-refractivity contribution in [3.8, 4) is 28.2 Å². The number of amides is 1. The van der Waals surface area contributed by atoms with E-state index in [1.807, 2.05) is 42.5 Å². The van der Waals surface area contributed by atoms with Gasteiger partial charge in [0.25, 0.3) is 5.91 Å². The van der Waals surface area contributed by atoms with Gasteiger partial charge in [-0.1, -0.05) is 65.1 Å². The molecule has 38 heavy (non-hydrogen) atoms. The Hall–Kier alpha value is -2.87. The number of aromatic nitrogens is 2. The predicted octanol–water partition coefficient (Wildman–Crippen LogP) is 6.89. The average molecular weight is 573 g/mol. The fourth-order valence-corrected chi connectivity index (χ4v) is 4.77. The number of nitrogens with zero attached hydrogens (tertiary/aromatic N) is 2. The van der Waals surface area contributed by atoms with Crippen molar-refractivity contribution in [1.82, 2.24) is 14.9 Å². The lowest BCUT2D eigenvalue weighted by Gasteiger charge is -2.22. The van der Waals surface area contributed by atoms with Crippen LogP contribution in [-0.4, -0.2) is 37.8 Å². The highest BCUT2D eigenvalue weighted by molar-refractivity contribution is 6.39. The summed E-state index contributed by atoms with van der Waals surface area (Å²) in [5.74, 6) is -0.130. The van der Waals surface area contributed by atoms with E-state index in [1.165, 1.54) is 0 Å². The van der Waals surface area contributed by atoms with Crippen LogP contribution in [0.3, 0.4) is 0 Å². The van der Waals surface area contributed by atoms with Gasteiger partial charge < -0.3 is 15.5 Å². The largest absolute Gasteiger partial charge is 0.394 e. The van der Waals surface area contributed by atoms with Crippen molar-refractivity contribution in [2.75, 3.05) is 6.61 Å². The summed E-state index contributed by atoms with van der Waals surface area (Å²) in [6, 6.07) is 18.3. The number of benzene rings is 3. The van der Waals surface area contributed by atoms with E-state index in [0.29, 0.717) is 32.1 Å². The average Bonchev–Trinajstić information content (AvgIpc) is 3.28. The Bertz CT molecular complexity index is 1490. The van der Waals surface area contributed by atoms with Crippen molar-refractivity contribution in [3.05, 3.63) is 93.2 Å². The fraction of sp³-hybridized carbons (Fsp3) is 0.241. The van der Waals surface area contributed by atoms with Gasteiger partial charge in [0.1, 0.15) is 11.5 Å². The Morgan fingerprint density at radius 3 is 2.16 bits per heavy atom. The first-order valence-electron chi connectivity index (χ1n) is 11.9. The van der Waals surface area contributed by atoms with Crippen LogP contribution >= 0.6 is 34.8 Å². The van der Waals surface area contributed by atoms with Crippen LogP contribution in [0.2, 0.25) is 15.1 Å². The molecule has 0 aliphatic heterocycles. The Balaban J connectivity index is 1.84. The van der Waals surface area contributed by atoms with E-state index in [2.05, 4.69) is 10.3 Å². The number of aliphatic hydroxyl groups excluding tert-OH is 1. The molecular weight excluding hydrogens is 545 g/mol. The molecule has 3 aromatic carbocycles. The number of halogens is 3. The first-order chi connectivity index (χ1) is 17.8. The maximum absolute atomic E-state index is 13.0. The van der Waals surface area contributed by atoms with Crippen molar-refractivity contribution >= 4 is 40.7 Å². The Labute approximate surface area is 236 Å². The Kier molecular flexibility index (Phi) is 7.94. The summed E-state index contributed by atoms with van der Waals surface area (Å²) in [7, 11) is 0. The summed E-state index contributed by atoms with van der Waals surface area (Å²) in [4.78, 5) is 17.6. The van der Waals surface area contributed by atoms with Gasteiger partial charge in [-0.2, -0.15) is 0 Å². The lowest BCUT2D eigenvalue weighted by atomic mass is 9.94. The van der Waals surface area contributed by atoms with E-state index in [0.717, 1.165) is 16.7 Å². The zero-order valence-corrected chi connectivity index (χ0v) is 23.7. The summed E-state index contributed by atoms with van der Waals surface area (Å²) < 4.78 is 1.67. The fourth-order valence-electron chi connectivity index (χ4n) is 3.93. The quantitative estimate of drug-likeness (QED) is 0.225. The van der Waals surface area contributed by atoms with E-state index in [4.69, 9.17) is 34.8 Å². The summed E-state index contributed by atoms with van der Waals surface area (Å²) in [6.07, 6.45) is 1.56.